The summed E-state index contributed by atoms with van der Waals surface area (Å²) in [5, 5.41) is 6.89. The van der Waals surface area contributed by atoms with E-state index in [4.69, 9.17) is 10.3 Å². The second-order valence-corrected chi connectivity index (χ2v) is 3.94. The Labute approximate surface area is 134 Å². The molecular weight excluding hydrogens is 292 g/mol. The molecule has 6 heteroatoms. The monoisotopic (exact) mass is 310 g/mol. The number of rotatable bonds is 0. The summed E-state index contributed by atoms with van der Waals surface area (Å²) in [6.45, 7) is 0. The highest BCUT2D eigenvalue weighted by Gasteiger charge is 1.90. The van der Waals surface area contributed by atoms with E-state index >= 15 is 0 Å². The lowest BCUT2D eigenvalue weighted by Crippen LogP contribution is -2.21. The Morgan fingerprint density at radius 3 is 1.65 bits per heavy atom. The molecule has 0 atom stereocenters. The van der Waals surface area contributed by atoms with Crippen LogP contribution in [0.2, 0.25) is 0 Å². The van der Waals surface area contributed by atoms with Crippen molar-refractivity contribution in [3.8, 4) is 0 Å². The van der Waals surface area contributed by atoms with Gasteiger partial charge in [-0.15, -0.1) is 0 Å². The maximum Gasteiger partial charge on any atom is 0.340 e. The zero-order valence-corrected chi connectivity index (χ0v) is 12.5. The van der Waals surface area contributed by atoms with Crippen molar-refractivity contribution in [2.24, 2.45) is 5.73 Å². The summed E-state index contributed by atoms with van der Waals surface area (Å²) in [4.78, 5) is 11.1. The van der Waals surface area contributed by atoms with E-state index in [1.54, 1.807) is 30.3 Å². The van der Waals surface area contributed by atoms with Crippen LogP contribution >= 0.6 is 0 Å². The molecule has 6 nitrogen and oxygen atoms in total. The molecule has 0 fully saturated rings. The van der Waals surface area contributed by atoms with Gasteiger partial charge in [0.15, 0.2) is 0 Å². The molecule has 1 aromatic heterocycles. The minimum absolute atomic E-state index is 0.775. The Hall–Kier alpha value is -3.41. The van der Waals surface area contributed by atoms with Crippen molar-refractivity contribution in [2.75, 3.05) is 0 Å². The normalized spacial score (nSPS) is 8.35. The second kappa shape index (κ2) is 12.3. The van der Waals surface area contributed by atoms with E-state index in [-0.39, 0.29) is 0 Å². The molecule has 0 saturated heterocycles. The van der Waals surface area contributed by atoms with E-state index in [9.17, 15) is 4.79 Å². The highest BCUT2D eigenvalue weighted by atomic mass is 16.5. The van der Waals surface area contributed by atoms with Crippen LogP contribution in [0.25, 0.3) is 0 Å². The Balaban J connectivity index is 3.23. The van der Waals surface area contributed by atoms with Gasteiger partial charge in [0, 0.05) is 6.20 Å². The summed E-state index contributed by atoms with van der Waals surface area (Å²) in [5.41, 5.74) is 5.16. The topological polar surface area (TPSA) is 86.9 Å². The van der Waals surface area contributed by atoms with Crippen molar-refractivity contribution in [1.82, 2.24) is 15.2 Å². The average molecular weight is 310 g/mol. The van der Waals surface area contributed by atoms with E-state index in [1.165, 1.54) is 12.5 Å². The van der Waals surface area contributed by atoms with Crippen LogP contribution in [0.1, 0.15) is 0 Å². The van der Waals surface area contributed by atoms with Gasteiger partial charge in [-0.2, -0.15) is 4.68 Å². The molecule has 0 unspecified atom stereocenters. The number of primary amides is 1. The molecule has 0 aromatic carbocycles. The molecular formula is C17H18N4O2. The molecule has 0 aliphatic carbocycles. The predicted octanol–water partition coefficient (Wildman–Crippen LogP) is 3.30. The van der Waals surface area contributed by atoms with Crippen LogP contribution in [-0.4, -0.2) is 21.2 Å². The largest absolute Gasteiger partial charge is 0.350 e. The maximum absolute atomic E-state index is 11.1. The lowest BCUT2D eigenvalue weighted by molar-refractivity contribution is 0.243. The van der Waals surface area contributed by atoms with Crippen molar-refractivity contribution >= 4 is 6.03 Å². The molecule has 0 saturated carbocycles. The van der Waals surface area contributed by atoms with Gasteiger partial charge in [-0.3, -0.25) is 0 Å². The van der Waals surface area contributed by atoms with Gasteiger partial charge in [0.2, 0.25) is 0 Å². The summed E-state index contributed by atoms with van der Waals surface area (Å²) < 4.78 is 5.61. The highest BCUT2D eigenvalue weighted by molar-refractivity contribution is 5.72. The summed E-state index contributed by atoms with van der Waals surface area (Å²) in [5.74, 6) is 0. The molecule has 1 aromatic rings. The molecule has 1 rings (SSSR count). The zero-order valence-electron chi connectivity index (χ0n) is 12.5. The maximum atomic E-state index is 11.1. The van der Waals surface area contributed by atoms with E-state index in [1.807, 2.05) is 54.6 Å². The number of carbonyl (C=O) groups excluding carboxylic acids is 1. The van der Waals surface area contributed by atoms with Crippen LogP contribution < -0.4 is 5.73 Å². The van der Waals surface area contributed by atoms with Crippen molar-refractivity contribution in [3.63, 3.8) is 0 Å². The van der Waals surface area contributed by atoms with Gasteiger partial charge in [0.05, 0.1) is 5.27 Å². The summed E-state index contributed by atoms with van der Waals surface area (Å²) in [6, 6.07) is 24.7. The summed E-state index contributed by atoms with van der Waals surface area (Å²) >= 11 is 0. The summed E-state index contributed by atoms with van der Waals surface area (Å²) in [7, 11) is 0. The number of aromatic nitrogens is 3. The van der Waals surface area contributed by atoms with Gasteiger partial charge in [0.1, 0.15) is 6.26 Å². The first-order valence-electron chi connectivity index (χ1n) is 6.79. The molecule has 1 heterocycles. The quantitative estimate of drug-likeness (QED) is 0.796. The number of nitrogens with two attached hydrogens (primary N) is 1. The SMILES string of the molecule is NC(=O)n1cccccccccccccccconn1. The lowest BCUT2D eigenvalue weighted by Gasteiger charge is -1.89. The van der Waals surface area contributed by atoms with Crippen molar-refractivity contribution in [3.05, 3.63) is 97.4 Å². The number of amides is 1. The van der Waals surface area contributed by atoms with E-state index in [0.717, 1.165) is 4.68 Å². The van der Waals surface area contributed by atoms with Crippen molar-refractivity contribution in [1.29, 1.82) is 0 Å². The first-order valence-corrected chi connectivity index (χ1v) is 6.79. The van der Waals surface area contributed by atoms with Crippen LogP contribution in [0, 0.1) is 0 Å². The molecule has 0 spiro atoms. The fraction of sp³-hybridized carbons (Fsp3) is 0. The van der Waals surface area contributed by atoms with Gasteiger partial charge in [-0.1, -0.05) is 72.8 Å². The summed E-state index contributed by atoms with van der Waals surface area (Å²) in [6.07, 6.45) is 2.68. The van der Waals surface area contributed by atoms with E-state index < -0.39 is 6.03 Å². The first kappa shape index (κ1) is 17.6. The van der Waals surface area contributed by atoms with Gasteiger partial charge in [-0.25, -0.2) is 4.79 Å². The number of nitrogens with zero attached hydrogens (tertiary/aromatic N) is 3. The van der Waals surface area contributed by atoms with Crippen molar-refractivity contribution in [2.45, 2.75) is 0 Å². The Kier molecular flexibility index (Phi) is 9.46. The smallest absolute Gasteiger partial charge is 0.340 e. The van der Waals surface area contributed by atoms with Crippen LogP contribution in [0.15, 0.2) is 102 Å². The third kappa shape index (κ3) is 10.0. The average Bonchev–Trinajstić information content (AvgIpc) is 2.53. The Morgan fingerprint density at radius 2 is 1.17 bits per heavy atom. The van der Waals surface area contributed by atoms with Crippen LogP contribution in [0.5, 0.6) is 0 Å². The molecule has 23 heavy (non-hydrogen) atoms. The van der Waals surface area contributed by atoms with Gasteiger partial charge in [0.25, 0.3) is 0 Å². The zero-order chi connectivity index (χ0) is 16.6. The molecule has 118 valence electrons. The van der Waals surface area contributed by atoms with Gasteiger partial charge >= 0.3 is 6.03 Å². The minimum atomic E-state index is -0.775. The molecule has 1 amide bonds. The molecule has 2 N–H and O–H groups in total. The van der Waals surface area contributed by atoms with Gasteiger partial charge < -0.3 is 10.3 Å². The lowest BCUT2D eigenvalue weighted by atomic mass is 10.4. The highest BCUT2D eigenvalue weighted by Crippen LogP contribution is 1.80. The molecule has 0 bridgehead atoms. The number of hydrogen-bond donors (Lipinski definition) is 1. The molecule has 0 aliphatic rings. The number of carbonyl (C=O) groups is 1. The van der Waals surface area contributed by atoms with Crippen LogP contribution in [-0.2, 0) is 0 Å². The van der Waals surface area contributed by atoms with Crippen molar-refractivity contribution < 1.29 is 9.32 Å². The third-order valence-corrected chi connectivity index (χ3v) is 2.22. The van der Waals surface area contributed by atoms with Gasteiger partial charge in [-0.05, 0) is 17.3 Å². The second-order valence-electron chi connectivity index (χ2n) is 3.94. The van der Waals surface area contributed by atoms with E-state index in [0.29, 0.717) is 0 Å². The van der Waals surface area contributed by atoms with Crippen LogP contribution in [0.3, 0.4) is 0 Å². The standard InChI is InChI=1S/C17H18N4O2/c18-17(22)21-15-13-11-9-7-5-3-1-2-4-6-8-10-12-14-16-23-20-19-21/h1-16H,(H2,18,22). The number of hydrogen-bond acceptors (Lipinski definition) is 4. The molecule has 0 aliphatic heterocycles. The Morgan fingerprint density at radius 1 is 0.739 bits per heavy atom. The Bertz CT molecular complexity index is 657. The fourth-order valence-electron chi connectivity index (χ4n) is 1.22. The predicted molar refractivity (Wildman–Crippen MR) is 87.8 cm³/mol. The third-order valence-electron chi connectivity index (χ3n) is 2.22. The van der Waals surface area contributed by atoms with Crippen LogP contribution in [0.4, 0.5) is 4.79 Å². The minimum Gasteiger partial charge on any atom is -0.350 e. The first-order chi connectivity index (χ1) is 11.3. The fourth-order valence-corrected chi connectivity index (χ4v) is 1.22. The molecule has 0 radical (unpaired) electrons. The van der Waals surface area contributed by atoms with E-state index in [2.05, 4.69) is 10.5 Å².